The number of phenolic OH excluding ortho intramolecular Hbond substituents is 1. The van der Waals surface area contributed by atoms with Crippen LogP contribution in [0.5, 0.6) is 5.75 Å². The lowest BCUT2D eigenvalue weighted by atomic mass is 10.1. The molecule has 0 radical (unpaired) electrons. The van der Waals surface area contributed by atoms with Crippen LogP contribution in [0.15, 0.2) is 47.4 Å². The largest absolute Gasteiger partial charge is 0.507 e. The zero-order valence-electron chi connectivity index (χ0n) is 25.0. The molecular formula is C27H51ClF3N11O2S. The quantitative estimate of drug-likeness (QED) is 0.116. The van der Waals surface area contributed by atoms with Crippen molar-refractivity contribution in [2.24, 2.45) is 0 Å². The van der Waals surface area contributed by atoms with Gasteiger partial charge in [-0.15, -0.1) is 12.4 Å². The molecule has 2 fully saturated rings. The second kappa shape index (κ2) is 18.4. The molecule has 0 spiro atoms. The van der Waals surface area contributed by atoms with Gasteiger partial charge in [0.05, 0.1) is 5.56 Å². The standard InChI is InChI=1S/C27H30F3N7O2S.ClH.4H3N.4H2/c28-27(29,30)40-20-10-7-18(8-11-20)31-23(39)21-12-9-19(17-22(21)38)32-24-33-25(36-13-3-1-4-14-36)35-26(34-24)37-15-5-2-6-16-37;;;;;;;;;/h7-12,17,38H,1-6,13-16H2,(H,31,39)(H,32,33,34,35);1H;4*1H3;4*1H. The monoisotopic (exact) mass is 685 g/mol. The maximum Gasteiger partial charge on any atom is 0.446 e. The molecule has 0 aliphatic carbocycles. The summed E-state index contributed by atoms with van der Waals surface area (Å²) in [5.41, 5.74) is -3.59. The third kappa shape index (κ3) is 11.4. The van der Waals surface area contributed by atoms with E-state index < -0.39 is 11.4 Å². The maximum atomic E-state index is 12.7. The SMILES string of the molecule is Cl.N.N.N.N.O=C(Nc1ccc(SC(F)(F)F)cc1)c1ccc(Nc2nc(N3CCCCC3)nc(N3CCCCC3)n2)cc1O.[HH].[HH].[HH].[HH]. The van der Waals surface area contributed by atoms with Crippen LogP contribution in [0.2, 0.25) is 0 Å². The lowest BCUT2D eigenvalue weighted by Crippen LogP contribution is -2.34. The van der Waals surface area contributed by atoms with Gasteiger partial charge in [0.1, 0.15) is 5.75 Å². The molecule has 45 heavy (non-hydrogen) atoms. The number of carbonyl (C=O) groups excluding carboxylic acids is 1. The highest BCUT2D eigenvalue weighted by molar-refractivity contribution is 8.00. The zero-order valence-corrected chi connectivity index (χ0v) is 26.6. The van der Waals surface area contributed by atoms with Crippen LogP contribution < -0.4 is 45.0 Å². The number of nitrogens with zero attached hydrogens (tertiary/aromatic N) is 5. The summed E-state index contributed by atoms with van der Waals surface area (Å²) in [5, 5.41) is 16.3. The summed E-state index contributed by atoms with van der Waals surface area (Å²) >= 11 is -0.232. The Labute approximate surface area is 276 Å². The molecule has 3 aromatic rings. The number of aromatic hydroxyl groups is 1. The molecule has 1 aromatic heterocycles. The van der Waals surface area contributed by atoms with Gasteiger partial charge in [-0.1, -0.05) is 0 Å². The molecule has 2 aliphatic heterocycles. The molecule has 13 nitrogen and oxygen atoms in total. The van der Waals surface area contributed by atoms with Crippen LogP contribution in [-0.4, -0.2) is 57.7 Å². The third-order valence-electron chi connectivity index (χ3n) is 6.73. The molecule has 2 saturated heterocycles. The molecule has 1 amide bonds. The van der Waals surface area contributed by atoms with E-state index in [4.69, 9.17) is 4.98 Å². The summed E-state index contributed by atoms with van der Waals surface area (Å²) in [6.07, 6.45) is 6.72. The third-order valence-corrected chi connectivity index (χ3v) is 7.47. The molecular weight excluding hydrogens is 635 g/mol. The van der Waals surface area contributed by atoms with Gasteiger partial charge in [-0.05, 0) is 86.7 Å². The van der Waals surface area contributed by atoms with E-state index in [9.17, 15) is 23.1 Å². The first-order chi connectivity index (χ1) is 19.2. The Morgan fingerprint density at radius 3 is 1.73 bits per heavy atom. The number of nitrogens with one attached hydrogen (secondary N) is 2. The smallest absolute Gasteiger partial charge is 0.446 e. The van der Waals surface area contributed by atoms with E-state index in [-0.39, 0.29) is 70.7 Å². The van der Waals surface area contributed by atoms with E-state index in [1.54, 1.807) is 6.07 Å². The number of halogens is 4. The Kier molecular flexibility index (Phi) is 16.9. The van der Waals surface area contributed by atoms with E-state index >= 15 is 0 Å². The average Bonchev–Trinajstić information content (AvgIpc) is 2.94. The number of benzene rings is 2. The first-order valence-corrected chi connectivity index (χ1v) is 14.1. The Balaban J connectivity index is -0.000000717. The fraction of sp³-hybridized carbons (Fsp3) is 0.407. The Hall–Kier alpha value is -3.61. The number of rotatable bonds is 7. The second-order valence-electron chi connectivity index (χ2n) is 9.74. The van der Waals surface area contributed by atoms with Gasteiger partial charge in [-0.25, -0.2) is 0 Å². The van der Waals surface area contributed by atoms with Gasteiger partial charge in [0, 0.05) is 54.2 Å². The van der Waals surface area contributed by atoms with Crippen molar-refractivity contribution >= 4 is 59.3 Å². The highest BCUT2D eigenvalue weighted by Gasteiger charge is 2.29. The summed E-state index contributed by atoms with van der Waals surface area (Å²) in [4.78, 5) is 31.2. The molecule has 2 aromatic carbocycles. The highest BCUT2D eigenvalue weighted by Crippen LogP contribution is 2.37. The van der Waals surface area contributed by atoms with Crippen molar-refractivity contribution in [1.82, 2.24) is 39.6 Å². The lowest BCUT2D eigenvalue weighted by molar-refractivity contribution is -0.0328. The fourth-order valence-electron chi connectivity index (χ4n) is 4.75. The lowest BCUT2D eigenvalue weighted by Gasteiger charge is -2.30. The number of carbonyl (C=O) groups is 1. The van der Waals surface area contributed by atoms with Gasteiger partial charge >= 0.3 is 5.51 Å². The Morgan fingerprint density at radius 1 is 0.778 bits per heavy atom. The fourth-order valence-corrected chi connectivity index (χ4v) is 5.29. The molecule has 0 bridgehead atoms. The second-order valence-corrected chi connectivity index (χ2v) is 10.9. The summed E-state index contributed by atoms with van der Waals surface area (Å²) in [7, 11) is 0. The maximum absolute atomic E-state index is 12.7. The average molecular weight is 686 g/mol. The van der Waals surface area contributed by atoms with E-state index in [1.165, 1.54) is 49.2 Å². The molecule has 260 valence electrons. The molecule has 5 rings (SSSR count). The topological polar surface area (TPSA) is 247 Å². The van der Waals surface area contributed by atoms with Crippen LogP contribution in [-0.2, 0) is 0 Å². The molecule has 0 saturated carbocycles. The number of alkyl halides is 3. The number of thioether (sulfide) groups is 1. The summed E-state index contributed by atoms with van der Waals surface area (Å²) in [5.74, 6) is 0.730. The van der Waals surface area contributed by atoms with Crippen LogP contribution in [0.4, 0.5) is 42.4 Å². The summed E-state index contributed by atoms with van der Waals surface area (Å²) in [6.45, 7) is 3.55. The minimum atomic E-state index is -4.39. The van der Waals surface area contributed by atoms with Gasteiger partial charge in [0.2, 0.25) is 17.8 Å². The van der Waals surface area contributed by atoms with E-state index in [1.807, 2.05) is 0 Å². The van der Waals surface area contributed by atoms with Gasteiger partial charge < -0.3 is 50.1 Å². The molecule has 2 aliphatic rings. The van der Waals surface area contributed by atoms with Gasteiger partial charge in [-0.3, -0.25) is 4.79 Å². The van der Waals surface area contributed by atoms with Crippen LogP contribution in [0.1, 0.15) is 54.6 Å². The van der Waals surface area contributed by atoms with Crippen LogP contribution in [0.3, 0.4) is 0 Å². The molecule has 18 heteroatoms. The molecule has 0 unspecified atom stereocenters. The van der Waals surface area contributed by atoms with E-state index in [0.29, 0.717) is 29.2 Å². The minimum absolute atomic E-state index is 0. The number of anilines is 5. The highest BCUT2D eigenvalue weighted by atomic mass is 35.5. The molecule has 3 heterocycles. The number of phenols is 1. The Bertz CT molecular complexity index is 1330. The van der Waals surface area contributed by atoms with Crippen molar-refractivity contribution in [1.29, 1.82) is 0 Å². The normalized spacial score (nSPS) is 14.3. The van der Waals surface area contributed by atoms with Crippen molar-refractivity contribution in [2.75, 3.05) is 46.6 Å². The van der Waals surface area contributed by atoms with Crippen molar-refractivity contribution in [3.63, 3.8) is 0 Å². The van der Waals surface area contributed by atoms with Gasteiger partial charge in [0.15, 0.2) is 0 Å². The first kappa shape index (κ1) is 41.4. The van der Waals surface area contributed by atoms with Crippen LogP contribution in [0, 0.1) is 0 Å². The number of amides is 1. The van der Waals surface area contributed by atoms with Gasteiger partial charge in [0.25, 0.3) is 5.91 Å². The zero-order chi connectivity index (χ0) is 28.1. The molecule has 0 atom stereocenters. The van der Waals surface area contributed by atoms with E-state index in [0.717, 1.165) is 51.9 Å². The number of aromatic nitrogens is 3. The van der Waals surface area contributed by atoms with Crippen LogP contribution in [0.25, 0.3) is 0 Å². The van der Waals surface area contributed by atoms with Crippen molar-refractivity contribution in [3.05, 3.63) is 48.0 Å². The molecule has 15 N–H and O–H groups in total. The minimum Gasteiger partial charge on any atom is -0.507 e. The number of hydrogen-bond donors (Lipinski definition) is 7. The van der Waals surface area contributed by atoms with Crippen molar-refractivity contribution < 1.29 is 28.8 Å². The van der Waals surface area contributed by atoms with Crippen molar-refractivity contribution in [2.45, 2.75) is 48.9 Å². The van der Waals surface area contributed by atoms with E-state index in [2.05, 4.69) is 30.4 Å². The number of piperidine rings is 2. The summed E-state index contributed by atoms with van der Waals surface area (Å²) in [6, 6.07) is 9.78. The predicted molar refractivity (Wildman–Crippen MR) is 185 cm³/mol. The summed E-state index contributed by atoms with van der Waals surface area (Å²) < 4.78 is 37.6. The van der Waals surface area contributed by atoms with Crippen LogP contribution >= 0.6 is 24.2 Å². The van der Waals surface area contributed by atoms with Crippen molar-refractivity contribution in [3.8, 4) is 5.75 Å². The predicted octanol–water partition coefficient (Wildman–Crippen LogP) is 8.22. The number of hydrogen-bond acceptors (Lipinski definition) is 13. The van der Waals surface area contributed by atoms with Gasteiger partial charge in [-0.2, -0.15) is 28.1 Å². The first-order valence-electron chi connectivity index (χ1n) is 13.3. The Morgan fingerprint density at radius 2 is 1.27 bits per heavy atom.